The van der Waals surface area contributed by atoms with Crippen LogP contribution in [0, 0.1) is 11.3 Å². The summed E-state index contributed by atoms with van der Waals surface area (Å²) in [5, 5.41) is 10.1. The van der Waals surface area contributed by atoms with Gasteiger partial charge in [-0.3, -0.25) is 0 Å². The monoisotopic (exact) mass is 504 g/mol. The SMILES string of the molecule is N#CCOc1ccc(-c2ccc3c(c2)c(Cc2ccccc2)c(-c2ccccc2)n3Cc2ccccc2)cc1. The van der Waals surface area contributed by atoms with E-state index in [1.165, 1.54) is 38.9 Å². The van der Waals surface area contributed by atoms with E-state index in [-0.39, 0.29) is 6.61 Å². The van der Waals surface area contributed by atoms with Crippen LogP contribution in [-0.4, -0.2) is 11.2 Å². The van der Waals surface area contributed by atoms with Gasteiger partial charge in [0.05, 0.1) is 5.69 Å². The highest BCUT2D eigenvalue weighted by molar-refractivity contribution is 5.95. The summed E-state index contributed by atoms with van der Waals surface area (Å²) in [5.74, 6) is 0.700. The number of ether oxygens (including phenoxy) is 1. The zero-order valence-electron chi connectivity index (χ0n) is 21.6. The lowest BCUT2D eigenvalue weighted by atomic mass is 9.96. The first-order valence-corrected chi connectivity index (χ1v) is 13.2. The lowest BCUT2D eigenvalue weighted by molar-refractivity contribution is 0.368. The molecule has 39 heavy (non-hydrogen) atoms. The number of rotatable bonds is 8. The summed E-state index contributed by atoms with van der Waals surface area (Å²) < 4.78 is 7.94. The molecule has 0 atom stereocenters. The van der Waals surface area contributed by atoms with Crippen molar-refractivity contribution in [2.75, 3.05) is 6.61 Å². The number of hydrogen-bond acceptors (Lipinski definition) is 2. The van der Waals surface area contributed by atoms with Gasteiger partial charge in [0.2, 0.25) is 0 Å². The number of nitrogens with zero attached hydrogens (tertiary/aromatic N) is 2. The molecule has 3 nitrogen and oxygen atoms in total. The minimum absolute atomic E-state index is 0.0470. The second-order valence-corrected chi connectivity index (χ2v) is 9.63. The highest BCUT2D eigenvalue weighted by atomic mass is 16.5. The molecule has 3 heteroatoms. The predicted octanol–water partition coefficient (Wildman–Crippen LogP) is 8.52. The van der Waals surface area contributed by atoms with Gasteiger partial charge in [0.1, 0.15) is 11.8 Å². The maximum absolute atomic E-state index is 8.82. The molecular formula is C36H28N2O. The van der Waals surface area contributed by atoms with E-state index >= 15 is 0 Å². The zero-order chi connectivity index (χ0) is 26.4. The van der Waals surface area contributed by atoms with Gasteiger partial charge in [-0.05, 0) is 57.6 Å². The summed E-state index contributed by atoms with van der Waals surface area (Å²) in [6, 6.07) is 48.9. The van der Waals surface area contributed by atoms with Crippen LogP contribution in [0.2, 0.25) is 0 Å². The van der Waals surface area contributed by atoms with Crippen molar-refractivity contribution in [3.63, 3.8) is 0 Å². The molecule has 0 saturated carbocycles. The smallest absolute Gasteiger partial charge is 0.174 e. The van der Waals surface area contributed by atoms with Crippen LogP contribution < -0.4 is 4.74 Å². The minimum atomic E-state index is 0.0470. The molecule has 6 rings (SSSR count). The van der Waals surface area contributed by atoms with E-state index in [0.717, 1.165) is 24.1 Å². The third kappa shape index (κ3) is 5.19. The van der Waals surface area contributed by atoms with Crippen molar-refractivity contribution in [1.29, 1.82) is 5.26 Å². The van der Waals surface area contributed by atoms with Crippen LogP contribution in [-0.2, 0) is 13.0 Å². The van der Waals surface area contributed by atoms with Gasteiger partial charge < -0.3 is 9.30 Å². The van der Waals surface area contributed by atoms with E-state index in [2.05, 4.69) is 126 Å². The third-order valence-electron chi connectivity index (χ3n) is 7.11. The normalized spacial score (nSPS) is 10.8. The molecule has 5 aromatic carbocycles. The number of aromatic nitrogens is 1. The molecule has 0 aliphatic heterocycles. The third-order valence-corrected chi connectivity index (χ3v) is 7.11. The van der Waals surface area contributed by atoms with E-state index in [9.17, 15) is 0 Å². The number of nitriles is 1. The van der Waals surface area contributed by atoms with Crippen molar-refractivity contribution in [2.24, 2.45) is 0 Å². The standard InChI is InChI=1S/C36H28N2O/c37-22-23-39-32-19-16-29(17-20-32)31-18-21-35-33(25-31)34(24-27-10-4-1-5-11-27)36(30-14-8-3-9-15-30)38(35)26-28-12-6-2-7-13-28/h1-21,25H,23-24,26H2. The van der Waals surface area contributed by atoms with Crippen molar-refractivity contribution in [3.8, 4) is 34.2 Å². The fourth-order valence-electron chi connectivity index (χ4n) is 5.30. The molecule has 1 heterocycles. The zero-order valence-corrected chi connectivity index (χ0v) is 21.6. The van der Waals surface area contributed by atoms with Crippen LogP contribution in [0.3, 0.4) is 0 Å². The molecule has 188 valence electrons. The number of benzene rings is 5. The first-order chi connectivity index (χ1) is 19.3. The fraction of sp³-hybridized carbons (Fsp3) is 0.0833. The molecule has 0 saturated heterocycles. The molecule has 0 N–H and O–H groups in total. The molecule has 0 radical (unpaired) electrons. The van der Waals surface area contributed by atoms with Crippen LogP contribution in [0.4, 0.5) is 0 Å². The van der Waals surface area contributed by atoms with Gasteiger partial charge in [-0.1, -0.05) is 109 Å². The number of hydrogen-bond donors (Lipinski definition) is 0. The first-order valence-electron chi connectivity index (χ1n) is 13.2. The lowest BCUT2D eigenvalue weighted by Crippen LogP contribution is -2.03. The van der Waals surface area contributed by atoms with Crippen LogP contribution in [0.1, 0.15) is 16.7 Å². The Balaban J connectivity index is 1.55. The molecule has 0 aliphatic rings. The highest BCUT2D eigenvalue weighted by Gasteiger charge is 2.20. The largest absolute Gasteiger partial charge is 0.479 e. The average Bonchev–Trinajstić information content (AvgIpc) is 3.29. The average molecular weight is 505 g/mol. The molecule has 0 aliphatic carbocycles. The summed E-state index contributed by atoms with van der Waals surface area (Å²) in [7, 11) is 0. The van der Waals surface area contributed by atoms with Crippen LogP contribution in [0.15, 0.2) is 133 Å². The molecule has 1 aromatic heterocycles. The topological polar surface area (TPSA) is 37.9 Å². The Bertz CT molecular complexity index is 1730. The second kappa shape index (κ2) is 11.1. The van der Waals surface area contributed by atoms with Crippen molar-refractivity contribution in [2.45, 2.75) is 13.0 Å². The Labute approximate surface area is 229 Å². The minimum Gasteiger partial charge on any atom is -0.479 e. The molecular weight excluding hydrogens is 476 g/mol. The fourth-order valence-corrected chi connectivity index (χ4v) is 5.30. The Morgan fingerprint density at radius 2 is 1.23 bits per heavy atom. The van der Waals surface area contributed by atoms with E-state index in [1.54, 1.807) is 0 Å². The molecule has 0 amide bonds. The first kappa shape index (κ1) is 24.3. The maximum atomic E-state index is 8.82. The Morgan fingerprint density at radius 3 is 1.90 bits per heavy atom. The van der Waals surface area contributed by atoms with E-state index < -0.39 is 0 Å². The van der Waals surface area contributed by atoms with Gasteiger partial charge in [-0.2, -0.15) is 5.26 Å². The Kier molecular flexibility index (Phi) is 6.93. The van der Waals surface area contributed by atoms with Gasteiger partial charge in [-0.15, -0.1) is 0 Å². The summed E-state index contributed by atoms with van der Waals surface area (Å²) in [6.45, 7) is 0.839. The highest BCUT2D eigenvalue weighted by Crippen LogP contribution is 2.38. The summed E-state index contributed by atoms with van der Waals surface area (Å²) in [5.41, 5.74) is 9.86. The predicted molar refractivity (Wildman–Crippen MR) is 159 cm³/mol. The Morgan fingerprint density at radius 1 is 0.615 bits per heavy atom. The van der Waals surface area contributed by atoms with E-state index in [4.69, 9.17) is 10.00 Å². The van der Waals surface area contributed by atoms with Gasteiger partial charge in [0.25, 0.3) is 0 Å². The van der Waals surface area contributed by atoms with Crippen molar-refractivity contribution < 1.29 is 4.74 Å². The van der Waals surface area contributed by atoms with Gasteiger partial charge in [0, 0.05) is 23.9 Å². The van der Waals surface area contributed by atoms with Crippen molar-refractivity contribution >= 4 is 10.9 Å². The maximum Gasteiger partial charge on any atom is 0.174 e. The van der Waals surface area contributed by atoms with Crippen LogP contribution >= 0.6 is 0 Å². The molecule has 0 spiro atoms. The van der Waals surface area contributed by atoms with E-state index in [1.807, 2.05) is 18.2 Å². The summed E-state index contributed by atoms with van der Waals surface area (Å²) in [4.78, 5) is 0. The quantitative estimate of drug-likeness (QED) is 0.208. The second-order valence-electron chi connectivity index (χ2n) is 9.63. The molecule has 6 aromatic rings. The van der Waals surface area contributed by atoms with Gasteiger partial charge in [-0.25, -0.2) is 0 Å². The van der Waals surface area contributed by atoms with E-state index in [0.29, 0.717) is 5.75 Å². The van der Waals surface area contributed by atoms with Crippen molar-refractivity contribution in [1.82, 2.24) is 4.57 Å². The van der Waals surface area contributed by atoms with Crippen molar-refractivity contribution in [3.05, 3.63) is 150 Å². The van der Waals surface area contributed by atoms with Crippen LogP contribution in [0.5, 0.6) is 5.75 Å². The van der Waals surface area contributed by atoms with Gasteiger partial charge in [0.15, 0.2) is 6.61 Å². The lowest BCUT2D eigenvalue weighted by Gasteiger charge is -2.13. The van der Waals surface area contributed by atoms with Crippen LogP contribution in [0.25, 0.3) is 33.3 Å². The molecule has 0 bridgehead atoms. The summed E-state index contributed by atoms with van der Waals surface area (Å²) >= 11 is 0. The summed E-state index contributed by atoms with van der Waals surface area (Å²) in [6.07, 6.45) is 0.841. The molecule has 0 fully saturated rings. The molecule has 0 unspecified atom stereocenters. The Hall–Kier alpha value is -5.07. The van der Waals surface area contributed by atoms with Gasteiger partial charge >= 0.3 is 0 Å². The number of fused-ring (bicyclic) bond motifs is 1.